The SMILES string of the molecule is CCOC(=O)c1ncoc1-c1cccc2c1OCCO2. The third-order valence-electron chi connectivity index (χ3n) is 2.85. The second-order valence-corrected chi connectivity index (χ2v) is 4.08. The molecule has 2 heterocycles. The highest BCUT2D eigenvalue weighted by atomic mass is 16.6. The number of hydrogen-bond donors (Lipinski definition) is 0. The summed E-state index contributed by atoms with van der Waals surface area (Å²) in [7, 11) is 0. The largest absolute Gasteiger partial charge is 0.486 e. The van der Waals surface area contributed by atoms with Crippen molar-refractivity contribution < 1.29 is 23.4 Å². The third-order valence-corrected chi connectivity index (χ3v) is 2.85. The van der Waals surface area contributed by atoms with Crippen molar-refractivity contribution in [3.05, 3.63) is 30.3 Å². The summed E-state index contributed by atoms with van der Waals surface area (Å²) in [6, 6.07) is 5.40. The fourth-order valence-electron chi connectivity index (χ4n) is 2.03. The second-order valence-electron chi connectivity index (χ2n) is 4.08. The first-order chi connectivity index (χ1) is 9.81. The molecule has 20 heavy (non-hydrogen) atoms. The molecule has 2 aromatic rings. The molecule has 104 valence electrons. The van der Waals surface area contributed by atoms with Crippen LogP contribution < -0.4 is 9.47 Å². The van der Waals surface area contributed by atoms with Gasteiger partial charge in [0.05, 0.1) is 12.2 Å². The molecule has 0 saturated heterocycles. The van der Waals surface area contributed by atoms with E-state index in [4.69, 9.17) is 18.6 Å². The van der Waals surface area contributed by atoms with Crippen LogP contribution >= 0.6 is 0 Å². The molecule has 6 nitrogen and oxygen atoms in total. The number of aromatic nitrogens is 1. The first-order valence-electron chi connectivity index (χ1n) is 6.31. The normalized spacial score (nSPS) is 13.1. The first-order valence-corrected chi connectivity index (χ1v) is 6.31. The molecule has 1 aromatic carbocycles. The van der Waals surface area contributed by atoms with Gasteiger partial charge in [-0.2, -0.15) is 0 Å². The molecule has 0 radical (unpaired) electrons. The summed E-state index contributed by atoms with van der Waals surface area (Å²) in [5.41, 5.74) is 0.761. The van der Waals surface area contributed by atoms with Crippen molar-refractivity contribution >= 4 is 5.97 Å². The molecule has 0 saturated carbocycles. The summed E-state index contributed by atoms with van der Waals surface area (Å²) in [5, 5.41) is 0. The van der Waals surface area contributed by atoms with Crippen LogP contribution in [0.1, 0.15) is 17.4 Å². The average molecular weight is 275 g/mol. The fourth-order valence-corrected chi connectivity index (χ4v) is 2.03. The molecule has 0 atom stereocenters. The lowest BCUT2D eigenvalue weighted by Gasteiger charge is -2.20. The van der Waals surface area contributed by atoms with Gasteiger partial charge in [0.2, 0.25) is 0 Å². The van der Waals surface area contributed by atoms with Crippen LogP contribution in [0.25, 0.3) is 11.3 Å². The number of carbonyl (C=O) groups is 1. The number of oxazole rings is 1. The number of para-hydroxylation sites is 1. The van der Waals surface area contributed by atoms with E-state index in [2.05, 4.69) is 4.98 Å². The third kappa shape index (κ3) is 2.09. The fraction of sp³-hybridized carbons (Fsp3) is 0.286. The van der Waals surface area contributed by atoms with E-state index in [0.717, 1.165) is 0 Å². The molecule has 6 heteroatoms. The average Bonchev–Trinajstić information content (AvgIpc) is 2.96. The highest BCUT2D eigenvalue weighted by Crippen LogP contribution is 2.40. The zero-order valence-corrected chi connectivity index (χ0v) is 10.9. The molecule has 0 N–H and O–H groups in total. The van der Waals surface area contributed by atoms with Crippen LogP contribution in [0.5, 0.6) is 11.5 Å². The Labute approximate surface area is 115 Å². The predicted octanol–water partition coefficient (Wildman–Crippen LogP) is 2.29. The summed E-state index contributed by atoms with van der Waals surface area (Å²) >= 11 is 0. The summed E-state index contributed by atoms with van der Waals surface area (Å²) < 4.78 is 21.4. The standard InChI is InChI=1S/C14H13NO5/c1-2-17-14(16)11-13(20-8-15-11)9-4-3-5-10-12(9)19-7-6-18-10/h3-5,8H,2,6-7H2,1H3. The zero-order chi connectivity index (χ0) is 13.9. The van der Waals surface area contributed by atoms with Crippen molar-refractivity contribution in [3.8, 4) is 22.8 Å². The Morgan fingerprint density at radius 3 is 3.05 bits per heavy atom. The van der Waals surface area contributed by atoms with Gasteiger partial charge in [-0.1, -0.05) is 6.07 Å². The Kier molecular flexibility index (Phi) is 3.28. The molecule has 0 spiro atoms. The van der Waals surface area contributed by atoms with Crippen molar-refractivity contribution in [1.29, 1.82) is 0 Å². The summed E-state index contributed by atoms with van der Waals surface area (Å²) in [5.74, 6) is 0.984. The summed E-state index contributed by atoms with van der Waals surface area (Å²) in [6.07, 6.45) is 1.21. The number of carbonyl (C=O) groups excluding carboxylic acids is 1. The van der Waals surface area contributed by atoms with Crippen molar-refractivity contribution in [2.24, 2.45) is 0 Å². The van der Waals surface area contributed by atoms with Gasteiger partial charge in [0.15, 0.2) is 29.3 Å². The molecule has 1 aromatic heterocycles. The molecule has 0 aliphatic carbocycles. The number of ether oxygens (including phenoxy) is 3. The van der Waals surface area contributed by atoms with Gasteiger partial charge >= 0.3 is 5.97 Å². The minimum Gasteiger partial charge on any atom is -0.486 e. The lowest BCUT2D eigenvalue weighted by atomic mass is 10.1. The van der Waals surface area contributed by atoms with Gasteiger partial charge in [0.25, 0.3) is 0 Å². The van der Waals surface area contributed by atoms with Crippen molar-refractivity contribution in [2.45, 2.75) is 6.92 Å². The zero-order valence-electron chi connectivity index (χ0n) is 10.9. The van der Waals surface area contributed by atoms with E-state index in [-0.39, 0.29) is 12.3 Å². The van der Waals surface area contributed by atoms with Crippen LogP contribution in [0, 0.1) is 0 Å². The second kappa shape index (κ2) is 5.24. The van der Waals surface area contributed by atoms with Gasteiger partial charge in [-0.3, -0.25) is 0 Å². The number of benzene rings is 1. The quantitative estimate of drug-likeness (QED) is 0.800. The Bertz CT molecular complexity index is 634. The van der Waals surface area contributed by atoms with Crippen molar-refractivity contribution in [2.75, 3.05) is 19.8 Å². The van der Waals surface area contributed by atoms with Gasteiger partial charge in [-0.05, 0) is 19.1 Å². The monoisotopic (exact) mass is 275 g/mol. The van der Waals surface area contributed by atoms with E-state index in [1.165, 1.54) is 6.39 Å². The van der Waals surface area contributed by atoms with E-state index < -0.39 is 5.97 Å². The molecule has 0 amide bonds. The molecule has 0 unspecified atom stereocenters. The smallest absolute Gasteiger partial charge is 0.360 e. The predicted molar refractivity (Wildman–Crippen MR) is 68.9 cm³/mol. The van der Waals surface area contributed by atoms with E-state index in [1.807, 2.05) is 0 Å². The van der Waals surface area contributed by atoms with Crippen molar-refractivity contribution in [3.63, 3.8) is 0 Å². The minimum atomic E-state index is -0.523. The lowest BCUT2D eigenvalue weighted by Crippen LogP contribution is -2.16. The minimum absolute atomic E-state index is 0.134. The van der Waals surface area contributed by atoms with E-state index >= 15 is 0 Å². The van der Waals surface area contributed by atoms with Crippen LogP contribution in [0.3, 0.4) is 0 Å². The molecule has 3 rings (SSSR count). The maximum absolute atomic E-state index is 11.9. The molecule has 0 bridgehead atoms. The van der Waals surface area contributed by atoms with Gasteiger partial charge < -0.3 is 18.6 Å². The number of rotatable bonds is 3. The maximum Gasteiger partial charge on any atom is 0.360 e. The van der Waals surface area contributed by atoms with Gasteiger partial charge in [0.1, 0.15) is 13.2 Å². The number of hydrogen-bond acceptors (Lipinski definition) is 6. The Morgan fingerprint density at radius 1 is 1.35 bits per heavy atom. The molecular formula is C14H13NO5. The van der Waals surface area contributed by atoms with E-state index in [9.17, 15) is 4.79 Å². The van der Waals surface area contributed by atoms with Crippen LogP contribution in [0.15, 0.2) is 29.0 Å². The van der Waals surface area contributed by atoms with E-state index in [0.29, 0.717) is 36.0 Å². The number of nitrogens with zero attached hydrogens (tertiary/aromatic N) is 1. The molecular weight excluding hydrogens is 262 g/mol. The van der Waals surface area contributed by atoms with Gasteiger partial charge in [-0.15, -0.1) is 0 Å². The highest BCUT2D eigenvalue weighted by Gasteiger charge is 2.25. The lowest BCUT2D eigenvalue weighted by molar-refractivity contribution is 0.0520. The molecule has 1 aliphatic heterocycles. The van der Waals surface area contributed by atoms with Crippen LogP contribution in [-0.4, -0.2) is 30.8 Å². The van der Waals surface area contributed by atoms with Gasteiger partial charge in [0, 0.05) is 0 Å². The van der Waals surface area contributed by atoms with Crippen LogP contribution in [0.2, 0.25) is 0 Å². The van der Waals surface area contributed by atoms with Crippen LogP contribution in [0.4, 0.5) is 0 Å². The van der Waals surface area contributed by atoms with Crippen molar-refractivity contribution in [1.82, 2.24) is 4.98 Å². The maximum atomic E-state index is 11.9. The van der Waals surface area contributed by atoms with Crippen LogP contribution in [-0.2, 0) is 4.74 Å². The Morgan fingerprint density at radius 2 is 2.20 bits per heavy atom. The molecule has 1 aliphatic rings. The van der Waals surface area contributed by atoms with Gasteiger partial charge in [-0.25, -0.2) is 9.78 Å². The molecule has 0 fully saturated rings. The van der Waals surface area contributed by atoms with E-state index in [1.54, 1.807) is 25.1 Å². The highest BCUT2D eigenvalue weighted by molar-refractivity contribution is 5.94. The number of esters is 1. The first kappa shape index (κ1) is 12.5. The summed E-state index contributed by atoms with van der Waals surface area (Å²) in [6.45, 7) is 2.96. The topological polar surface area (TPSA) is 70.8 Å². The Balaban J connectivity index is 2.06. The number of fused-ring (bicyclic) bond motifs is 1. The Hall–Kier alpha value is -2.50. The summed E-state index contributed by atoms with van der Waals surface area (Å²) in [4.78, 5) is 15.8.